The van der Waals surface area contributed by atoms with Crippen molar-refractivity contribution >= 4 is 0 Å². The van der Waals surface area contributed by atoms with E-state index < -0.39 is 11.5 Å². The lowest BCUT2D eigenvalue weighted by Gasteiger charge is -2.01. The summed E-state index contributed by atoms with van der Waals surface area (Å²) in [6.45, 7) is 0. The summed E-state index contributed by atoms with van der Waals surface area (Å²) in [5.74, 6) is 4.18. The Hall–Kier alpha value is -3.39. The van der Waals surface area contributed by atoms with Crippen LogP contribution in [0.25, 0.3) is 11.1 Å². The third kappa shape index (κ3) is 3.27. The molecule has 0 aliphatic carbocycles. The van der Waals surface area contributed by atoms with E-state index in [4.69, 9.17) is 4.42 Å². The van der Waals surface area contributed by atoms with Crippen molar-refractivity contribution in [1.82, 2.24) is 4.98 Å². The van der Waals surface area contributed by atoms with Crippen LogP contribution in [-0.4, -0.2) is 10.1 Å². The van der Waals surface area contributed by atoms with Crippen LogP contribution < -0.4 is 5.63 Å². The van der Waals surface area contributed by atoms with Crippen molar-refractivity contribution in [2.75, 3.05) is 0 Å². The number of nitrogens with zero attached hydrogens (tertiary/aromatic N) is 1. The normalized spacial score (nSPS) is 9.96. The molecule has 0 aliphatic rings. The van der Waals surface area contributed by atoms with E-state index in [1.54, 1.807) is 30.3 Å². The molecule has 2 aromatic carbocycles. The summed E-state index contributed by atoms with van der Waals surface area (Å²) >= 11 is 0. The minimum atomic E-state index is -0.730. The molecule has 112 valence electrons. The average molecular weight is 307 g/mol. The number of benzene rings is 2. The molecule has 1 aromatic heterocycles. The Balaban J connectivity index is 1.98. The largest absolute Gasteiger partial charge is 0.493 e. The van der Waals surface area contributed by atoms with Crippen LogP contribution in [0.3, 0.4) is 0 Å². The number of hydrogen-bond donors (Lipinski definition) is 1. The first-order valence-corrected chi connectivity index (χ1v) is 6.70. The van der Waals surface area contributed by atoms with E-state index in [9.17, 15) is 14.3 Å². The molecule has 23 heavy (non-hydrogen) atoms. The van der Waals surface area contributed by atoms with E-state index in [1.807, 2.05) is 0 Å². The average Bonchev–Trinajstić information content (AvgIpc) is 2.55. The Kier molecular flexibility index (Phi) is 3.89. The molecule has 0 aliphatic heterocycles. The van der Waals surface area contributed by atoms with Crippen molar-refractivity contribution in [2.24, 2.45) is 0 Å². The van der Waals surface area contributed by atoms with Gasteiger partial charge in [-0.1, -0.05) is 36.3 Å². The smallest absolute Gasteiger partial charge is 0.351 e. The monoisotopic (exact) mass is 307 g/mol. The van der Waals surface area contributed by atoms with Crippen molar-refractivity contribution in [3.63, 3.8) is 0 Å². The molecule has 1 N–H and O–H groups in total. The molecular formula is C18H10FNO3. The third-order valence-electron chi connectivity index (χ3n) is 3.05. The van der Waals surface area contributed by atoms with Crippen molar-refractivity contribution < 1.29 is 13.9 Å². The van der Waals surface area contributed by atoms with Crippen LogP contribution in [0.5, 0.6) is 5.88 Å². The zero-order valence-electron chi connectivity index (χ0n) is 11.8. The van der Waals surface area contributed by atoms with Crippen LogP contribution in [0.2, 0.25) is 0 Å². The predicted octanol–water partition coefficient (Wildman–Crippen LogP) is 2.95. The van der Waals surface area contributed by atoms with Gasteiger partial charge >= 0.3 is 5.63 Å². The summed E-state index contributed by atoms with van der Waals surface area (Å²) in [4.78, 5) is 15.8. The lowest BCUT2D eigenvalue weighted by molar-refractivity contribution is 0.412. The highest BCUT2D eigenvalue weighted by Crippen LogP contribution is 2.23. The van der Waals surface area contributed by atoms with Crippen LogP contribution >= 0.6 is 0 Å². The van der Waals surface area contributed by atoms with Gasteiger partial charge in [0, 0.05) is 5.56 Å². The maximum absolute atomic E-state index is 12.8. The molecule has 0 atom stereocenters. The highest BCUT2D eigenvalue weighted by atomic mass is 19.1. The molecule has 0 saturated carbocycles. The number of aromatic hydroxyl groups is 1. The molecule has 0 fully saturated rings. The number of aromatic nitrogens is 1. The van der Waals surface area contributed by atoms with Crippen LogP contribution in [0.15, 0.2) is 63.8 Å². The second-order valence-corrected chi connectivity index (χ2v) is 4.63. The Bertz CT molecular complexity index is 952. The van der Waals surface area contributed by atoms with Gasteiger partial charge in [0.25, 0.3) is 5.89 Å². The third-order valence-corrected chi connectivity index (χ3v) is 3.05. The molecule has 0 amide bonds. The molecule has 0 radical (unpaired) electrons. The number of halogens is 1. The van der Waals surface area contributed by atoms with E-state index >= 15 is 0 Å². The van der Waals surface area contributed by atoms with E-state index in [0.29, 0.717) is 11.1 Å². The first-order chi connectivity index (χ1) is 11.1. The quantitative estimate of drug-likeness (QED) is 0.702. The molecule has 4 nitrogen and oxygen atoms in total. The van der Waals surface area contributed by atoms with Gasteiger partial charge in [-0.2, -0.15) is 4.98 Å². The fraction of sp³-hybridized carbons (Fsp3) is 0. The molecular weight excluding hydrogens is 297 g/mol. The van der Waals surface area contributed by atoms with E-state index in [-0.39, 0.29) is 17.3 Å². The van der Waals surface area contributed by atoms with Crippen molar-refractivity contribution in [3.8, 4) is 28.8 Å². The van der Waals surface area contributed by atoms with Crippen LogP contribution in [0, 0.1) is 17.7 Å². The van der Waals surface area contributed by atoms with E-state index in [2.05, 4.69) is 16.8 Å². The van der Waals surface area contributed by atoms with Gasteiger partial charge in [0.1, 0.15) is 11.4 Å². The summed E-state index contributed by atoms with van der Waals surface area (Å²) in [6, 6.07) is 14.1. The number of rotatable bonds is 1. The van der Waals surface area contributed by atoms with E-state index in [0.717, 1.165) is 0 Å². The molecule has 0 spiro atoms. The molecule has 0 bridgehead atoms. The topological polar surface area (TPSA) is 63.3 Å². The Morgan fingerprint density at radius 2 is 1.70 bits per heavy atom. The van der Waals surface area contributed by atoms with Gasteiger partial charge in [0.05, 0.1) is 0 Å². The first-order valence-electron chi connectivity index (χ1n) is 6.70. The minimum Gasteiger partial charge on any atom is -0.493 e. The molecule has 3 rings (SSSR count). The molecule has 3 aromatic rings. The van der Waals surface area contributed by atoms with Gasteiger partial charge in [-0.25, -0.2) is 9.18 Å². The zero-order valence-corrected chi connectivity index (χ0v) is 11.8. The maximum Gasteiger partial charge on any atom is 0.351 e. The van der Waals surface area contributed by atoms with Crippen molar-refractivity contribution in [3.05, 3.63) is 82.3 Å². The molecule has 0 unspecified atom stereocenters. The van der Waals surface area contributed by atoms with Gasteiger partial charge in [-0.15, -0.1) is 0 Å². The Labute approximate surface area is 130 Å². The van der Waals surface area contributed by atoms with Crippen molar-refractivity contribution in [2.45, 2.75) is 0 Å². The zero-order chi connectivity index (χ0) is 16.2. The predicted molar refractivity (Wildman–Crippen MR) is 82.3 cm³/mol. The molecule has 5 heteroatoms. The minimum absolute atomic E-state index is 0.0158. The SMILES string of the molecule is O=c1oc(C#Cc2ccc(F)cc2)nc(O)c1-c1ccccc1. The Morgan fingerprint density at radius 1 is 1.00 bits per heavy atom. The standard InChI is InChI=1S/C18H10FNO3/c19-14-9-6-12(7-10-14)8-11-15-20-17(21)16(18(22)23-15)13-4-2-1-3-5-13/h1-7,9-10,21H. The Morgan fingerprint density at radius 3 is 2.35 bits per heavy atom. The molecule has 0 saturated heterocycles. The van der Waals surface area contributed by atoms with Gasteiger partial charge < -0.3 is 9.52 Å². The number of hydrogen-bond acceptors (Lipinski definition) is 4. The van der Waals surface area contributed by atoms with Gasteiger partial charge in [-0.05, 0) is 35.7 Å². The van der Waals surface area contributed by atoms with Crippen LogP contribution in [0.4, 0.5) is 4.39 Å². The second-order valence-electron chi connectivity index (χ2n) is 4.63. The summed E-state index contributed by atoms with van der Waals surface area (Å²) in [5, 5.41) is 9.97. The van der Waals surface area contributed by atoms with Gasteiger partial charge in [0.15, 0.2) is 0 Å². The fourth-order valence-corrected chi connectivity index (χ4v) is 1.97. The summed E-state index contributed by atoms with van der Waals surface area (Å²) < 4.78 is 17.8. The lowest BCUT2D eigenvalue weighted by Crippen LogP contribution is -2.06. The van der Waals surface area contributed by atoms with Crippen molar-refractivity contribution in [1.29, 1.82) is 0 Å². The van der Waals surface area contributed by atoms with Gasteiger partial charge in [-0.3, -0.25) is 0 Å². The highest BCUT2D eigenvalue weighted by Gasteiger charge is 2.13. The summed E-state index contributed by atoms with van der Waals surface area (Å²) in [7, 11) is 0. The van der Waals surface area contributed by atoms with Crippen LogP contribution in [-0.2, 0) is 0 Å². The first kappa shape index (κ1) is 14.5. The van der Waals surface area contributed by atoms with Gasteiger partial charge in [0.2, 0.25) is 5.88 Å². The fourth-order valence-electron chi connectivity index (χ4n) is 1.97. The summed E-state index contributed by atoms with van der Waals surface area (Å²) in [6.07, 6.45) is 0. The summed E-state index contributed by atoms with van der Waals surface area (Å²) in [5.41, 5.74) is 0.289. The lowest BCUT2D eigenvalue weighted by atomic mass is 10.1. The van der Waals surface area contributed by atoms with E-state index in [1.165, 1.54) is 24.3 Å². The highest BCUT2D eigenvalue weighted by molar-refractivity contribution is 5.66. The second kappa shape index (κ2) is 6.16. The maximum atomic E-state index is 12.8. The van der Waals surface area contributed by atoms with Crippen LogP contribution in [0.1, 0.15) is 11.5 Å². The molecule has 1 heterocycles.